The molecule has 1 aliphatic carbocycles. The van der Waals surface area contributed by atoms with Crippen molar-refractivity contribution in [3.8, 4) is 11.5 Å². The Balaban J connectivity index is 1.74. The first-order valence-corrected chi connectivity index (χ1v) is 12.3. The molecule has 4 aromatic rings. The molecule has 1 saturated carbocycles. The number of H-pyrrole nitrogens is 1. The summed E-state index contributed by atoms with van der Waals surface area (Å²) in [5.41, 5.74) is 6.56. The van der Waals surface area contributed by atoms with Gasteiger partial charge in [0.1, 0.15) is 17.2 Å². The lowest BCUT2D eigenvalue weighted by atomic mass is 9.80. The topological polar surface area (TPSA) is 74.4 Å². The van der Waals surface area contributed by atoms with Crippen molar-refractivity contribution in [3.05, 3.63) is 88.6 Å². The fourth-order valence-corrected chi connectivity index (χ4v) is 6.47. The molecule has 1 spiro atoms. The van der Waals surface area contributed by atoms with Crippen molar-refractivity contribution >= 4 is 22.7 Å². The van der Waals surface area contributed by atoms with Gasteiger partial charge in [-0.25, -0.2) is 4.48 Å². The van der Waals surface area contributed by atoms with Crippen LogP contribution >= 0.6 is 0 Å². The monoisotopic (exact) mass is 482 g/mol. The zero-order chi connectivity index (χ0) is 25.2. The number of amides is 1. The molecule has 1 aromatic heterocycles. The molecule has 1 N–H and O–H groups in total. The molecule has 3 aromatic carbocycles. The van der Waals surface area contributed by atoms with Crippen LogP contribution in [0, 0.1) is 13.8 Å². The number of carbonyl (C=O) groups is 1. The van der Waals surface area contributed by atoms with Crippen molar-refractivity contribution in [2.24, 2.45) is 0 Å². The molecule has 2 heterocycles. The first-order valence-electron chi connectivity index (χ1n) is 12.3. The zero-order valence-corrected chi connectivity index (χ0v) is 21.1. The number of ether oxygens (including phenoxy) is 2. The highest BCUT2D eigenvalue weighted by atomic mass is 16.5. The SMILES string of the molecule is COc1cc(OC)cc(C2c3[nH]c4ccccc4c3C3(CC3)C[N+]2(C(=O)[O-])c2cc(C)cc(C)c2)c1. The summed E-state index contributed by atoms with van der Waals surface area (Å²) in [6, 6.07) is 19.4. The molecule has 0 saturated heterocycles. The number of methoxy groups -OCH3 is 2. The first kappa shape index (κ1) is 22.7. The van der Waals surface area contributed by atoms with Gasteiger partial charge in [0.2, 0.25) is 0 Å². The Morgan fingerprint density at radius 2 is 1.61 bits per heavy atom. The lowest BCUT2D eigenvalue weighted by molar-refractivity contribution is -0.267. The Kier molecular flexibility index (Phi) is 4.96. The number of fused-ring (bicyclic) bond motifs is 4. The Morgan fingerprint density at radius 3 is 2.19 bits per heavy atom. The van der Waals surface area contributed by atoms with E-state index < -0.39 is 12.1 Å². The van der Waals surface area contributed by atoms with Gasteiger partial charge in [0, 0.05) is 40.1 Å². The molecule has 2 atom stereocenters. The largest absolute Gasteiger partial charge is 0.498 e. The van der Waals surface area contributed by atoms with Crippen molar-refractivity contribution in [2.75, 3.05) is 20.8 Å². The number of rotatable bonds is 4. The maximum atomic E-state index is 13.5. The average Bonchev–Trinajstić information content (AvgIpc) is 3.50. The number of nitrogens with one attached hydrogen (secondary N) is 1. The number of carbonyl (C=O) groups excluding carboxylic acids is 1. The average molecular weight is 483 g/mol. The molecule has 6 rings (SSSR count). The molecule has 0 radical (unpaired) electrons. The summed E-state index contributed by atoms with van der Waals surface area (Å²) in [5, 5.41) is 14.7. The predicted molar refractivity (Wildman–Crippen MR) is 139 cm³/mol. The second kappa shape index (κ2) is 7.87. The fourth-order valence-electron chi connectivity index (χ4n) is 6.47. The van der Waals surface area contributed by atoms with E-state index in [1.54, 1.807) is 14.2 Å². The minimum atomic E-state index is -1.11. The van der Waals surface area contributed by atoms with Crippen LogP contribution in [0.4, 0.5) is 10.5 Å². The molecule has 0 bridgehead atoms. The van der Waals surface area contributed by atoms with E-state index in [9.17, 15) is 9.90 Å². The minimum absolute atomic E-state index is 0.216. The van der Waals surface area contributed by atoms with Crippen molar-refractivity contribution in [1.82, 2.24) is 9.47 Å². The molecule has 2 aliphatic rings. The highest BCUT2D eigenvalue weighted by Gasteiger charge is 2.63. The van der Waals surface area contributed by atoms with Gasteiger partial charge in [0.05, 0.1) is 26.5 Å². The fraction of sp³-hybridized carbons (Fsp3) is 0.300. The lowest BCUT2D eigenvalue weighted by Gasteiger charge is -2.49. The van der Waals surface area contributed by atoms with Crippen molar-refractivity contribution in [3.63, 3.8) is 0 Å². The van der Waals surface area contributed by atoms with Gasteiger partial charge >= 0.3 is 0 Å². The summed E-state index contributed by atoms with van der Waals surface area (Å²) in [7, 11) is 3.22. The van der Waals surface area contributed by atoms with Gasteiger partial charge < -0.3 is 24.4 Å². The molecule has 2 unspecified atom stereocenters. The van der Waals surface area contributed by atoms with Crippen LogP contribution in [0.2, 0.25) is 0 Å². The summed E-state index contributed by atoms with van der Waals surface area (Å²) in [6.45, 7) is 4.45. The number of quaternary nitrogens is 1. The van der Waals surface area contributed by atoms with Crippen LogP contribution in [0.3, 0.4) is 0 Å². The number of hydrogen-bond donors (Lipinski definition) is 1. The maximum absolute atomic E-state index is 13.5. The highest BCUT2D eigenvalue weighted by Crippen LogP contribution is 2.61. The van der Waals surface area contributed by atoms with Crippen molar-refractivity contribution in [1.29, 1.82) is 0 Å². The van der Waals surface area contributed by atoms with Gasteiger partial charge in [-0.05, 0) is 61.6 Å². The number of aromatic amines is 1. The van der Waals surface area contributed by atoms with Gasteiger partial charge in [-0.1, -0.05) is 24.3 Å². The Hall–Kier alpha value is -3.77. The van der Waals surface area contributed by atoms with Gasteiger partial charge in [0.25, 0.3) is 6.09 Å². The van der Waals surface area contributed by atoms with Gasteiger partial charge in [-0.3, -0.25) is 0 Å². The highest BCUT2D eigenvalue weighted by molar-refractivity contribution is 5.91. The number of hydrogen-bond acceptors (Lipinski definition) is 4. The quantitative estimate of drug-likeness (QED) is 0.401. The van der Waals surface area contributed by atoms with Crippen LogP contribution in [0.5, 0.6) is 11.5 Å². The van der Waals surface area contributed by atoms with E-state index in [-0.39, 0.29) is 9.90 Å². The van der Waals surface area contributed by atoms with Crippen molar-refractivity contribution in [2.45, 2.75) is 38.1 Å². The Morgan fingerprint density at radius 1 is 0.972 bits per heavy atom. The van der Waals surface area contributed by atoms with E-state index in [2.05, 4.69) is 29.2 Å². The summed E-state index contributed by atoms with van der Waals surface area (Å²) < 4.78 is 10.9. The third-order valence-corrected chi connectivity index (χ3v) is 8.07. The predicted octanol–water partition coefficient (Wildman–Crippen LogP) is 5.29. The molecule has 1 aliphatic heterocycles. The van der Waals surface area contributed by atoms with Gasteiger partial charge in [0.15, 0.2) is 6.04 Å². The number of aromatic nitrogens is 1. The van der Waals surface area contributed by atoms with Crippen LogP contribution in [-0.2, 0) is 5.41 Å². The number of carboxylic acid groups (broad SMARTS) is 1. The van der Waals surface area contributed by atoms with Crippen LogP contribution in [0.15, 0.2) is 60.7 Å². The second-order valence-electron chi connectivity index (χ2n) is 10.4. The number of para-hydroxylation sites is 1. The molecule has 1 amide bonds. The third kappa shape index (κ3) is 3.17. The smallest absolute Gasteiger partial charge is 0.263 e. The normalized spacial score (nSPS) is 21.8. The van der Waals surface area contributed by atoms with E-state index in [4.69, 9.17) is 9.47 Å². The van der Waals surface area contributed by atoms with E-state index in [1.807, 2.05) is 50.2 Å². The van der Waals surface area contributed by atoms with E-state index >= 15 is 0 Å². The molecule has 6 nitrogen and oxygen atoms in total. The number of nitrogens with zero attached hydrogens (tertiary/aromatic N) is 1. The van der Waals surface area contributed by atoms with Crippen LogP contribution in [0.25, 0.3) is 10.9 Å². The molecule has 6 heteroatoms. The first-order chi connectivity index (χ1) is 17.3. The molecular weight excluding hydrogens is 452 g/mol. The molecule has 184 valence electrons. The summed E-state index contributed by atoms with van der Waals surface area (Å²) in [4.78, 5) is 17.2. The number of benzene rings is 3. The summed E-state index contributed by atoms with van der Waals surface area (Å²) in [6.07, 6.45) is 0.796. The van der Waals surface area contributed by atoms with E-state index in [1.165, 1.54) is 10.9 Å². The van der Waals surface area contributed by atoms with Crippen LogP contribution < -0.4 is 19.1 Å². The van der Waals surface area contributed by atoms with Gasteiger partial charge in [-0.15, -0.1) is 0 Å². The molecular formula is C30H30N2O4. The second-order valence-corrected chi connectivity index (χ2v) is 10.4. The van der Waals surface area contributed by atoms with Crippen molar-refractivity contribution < 1.29 is 19.4 Å². The van der Waals surface area contributed by atoms with Gasteiger partial charge in [-0.2, -0.15) is 0 Å². The maximum Gasteiger partial charge on any atom is 0.263 e. The Bertz CT molecular complexity index is 1470. The lowest BCUT2D eigenvalue weighted by Crippen LogP contribution is -2.66. The minimum Gasteiger partial charge on any atom is -0.498 e. The summed E-state index contributed by atoms with van der Waals surface area (Å²) in [5.74, 6) is 1.23. The number of aryl methyl sites for hydroxylation is 2. The van der Waals surface area contributed by atoms with E-state index in [0.29, 0.717) is 18.0 Å². The van der Waals surface area contributed by atoms with Crippen LogP contribution in [-0.4, -0.2) is 31.8 Å². The Labute approximate surface area is 210 Å². The molecule has 36 heavy (non-hydrogen) atoms. The molecule has 1 fully saturated rings. The van der Waals surface area contributed by atoms with E-state index in [0.717, 1.165) is 46.4 Å². The summed E-state index contributed by atoms with van der Waals surface area (Å²) >= 11 is 0. The standard InChI is InChI=1S/C30H30N2O4/c1-18-11-19(2)13-21(12-18)32(29(33)34)17-30(9-10-30)26-24-7-5-6-8-25(24)31-27(26)28(32)20-14-22(35-3)16-23(15-20)36-4/h5-8,11-16,28,31H,9-10,17H2,1-4H3. The third-order valence-electron chi connectivity index (χ3n) is 8.07. The van der Waals surface area contributed by atoms with Crippen LogP contribution in [0.1, 0.15) is 46.8 Å². The zero-order valence-electron chi connectivity index (χ0n) is 21.1.